The molecule has 1 atom stereocenters. The van der Waals surface area contributed by atoms with E-state index in [4.69, 9.17) is 0 Å². The first-order valence-electron chi connectivity index (χ1n) is 10.4. The normalized spacial score (nSPS) is 12.1. The van der Waals surface area contributed by atoms with Crippen molar-refractivity contribution in [3.05, 3.63) is 71.8 Å². The lowest BCUT2D eigenvalue weighted by molar-refractivity contribution is -0.120. The smallest absolute Gasteiger partial charge is 0.234 e. The van der Waals surface area contributed by atoms with E-state index in [2.05, 4.69) is 54.1 Å². The quantitative estimate of drug-likeness (QED) is 0.284. The van der Waals surface area contributed by atoms with Crippen LogP contribution in [0.15, 0.2) is 65.6 Å². The van der Waals surface area contributed by atoms with Crippen LogP contribution in [0.2, 0.25) is 0 Å². The number of benzene rings is 3. The van der Waals surface area contributed by atoms with Gasteiger partial charge in [-0.15, -0.1) is 0 Å². The number of carbonyl (C=O) groups is 1. The number of nitrogens with one attached hydrogen (secondary N) is 3. The van der Waals surface area contributed by atoms with E-state index in [1.54, 1.807) is 12.1 Å². The van der Waals surface area contributed by atoms with Crippen LogP contribution in [0.4, 0.5) is 5.69 Å². The predicted molar refractivity (Wildman–Crippen MR) is 127 cm³/mol. The molecule has 3 aromatic rings. The van der Waals surface area contributed by atoms with Gasteiger partial charge < -0.3 is 20.5 Å². The van der Waals surface area contributed by atoms with Crippen LogP contribution in [-0.2, 0) is 22.4 Å². The molecule has 0 spiro atoms. The van der Waals surface area contributed by atoms with Crippen LogP contribution in [0.5, 0.6) is 0 Å². The van der Waals surface area contributed by atoms with E-state index in [1.807, 2.05) is 24.3 Å². The predicted octanol–water partition coefficient (Wildman–Crippen LogP) is 3.86. The summed E-state index contributed by atoms with van der Waals surface area (Å²) in [6.07, 6.45) is 0. The van der Waals surface area contributed by atoms with Crippen molar-refractivity contribution >= 4 is 33.4 Å². The molecule has 0 bridgehead atoms. The monoisotopic (exact) mass is 439 g/mol. The summed E-state index contributed by atoms with van der Waals surface area (Å²) >= 11 is -2.04. The Labute approximate surface area is 185 Å². The Bertz CT molecular complexity index is 1050. The van der Waals surface area contributed by atoms with Gasteiger partial charge in [-0.25, -0.2) is 4.21 Å². The molecule has 0 radical (unpaired) electrons. The lowest BCUT2D eigenvalue weighted by Gasteiger charge is -2.12. The van der Waals surface area contributed by atoms with Gasteiger partial charge in [0, 0.05) is 36.1 Å². The maximum absolute atomic E-state index is 12.1. The third-order valence-corrected chi connectivity index (χ3v) is 5.83. The van der Waals surface area contributed by atoms with Crippen LogP contribution < -0.4 is 16.0 Å². The molecule has 0 saturated heterocycles. The second-order valence-electron chi connectivity index (χ2n) is 7.68. The lowest BCUT2D eigenvalue weighted by atomic mass is 10.0. The Balaban J connectivity index is 1.42. The molecule has 0 heterocycles. The van der Waals surface area contributed by atoms with Gasteiger partial charge >= 0.3 is 0 Å². The first-order chi connectivity index (χ1) is 15.0. The minimum atomic E-state index is -2.04. The van der Waals surface area contributed by atoms with Crippen molar-refractivity contribution in [1.29, 1.82) is 0 Å². The number of hydrogen-bond acceptors (Lipinski definition) is 4. The average molecular weight is 440 g/mol. The molecule has 0 fully saturated rings. The van der Waals surface area contributed by atoms with Crippen molar-refractivity contribution in [3.63, 3.8) is 0 Å². The van der Waals surface area contributed by atoms with Crippen LogP contribution in [0.1, 0.15) is 30.9 Å². The molecule has 4 N–H and O–H groups in total. The SMILES string of the molecule is CC(C)c1ccc(CNCC(=O)NCCNc2cccc3c(S(=O)O)cccc23)cc1. The molecule has 0 aromatic heterocycles. The summed E-state index contributed by atoms with van der Waals surface area (Å²) in [6.45, 7) is 6.27. The van der Waals surface area contributed by atoms with Gasteiger partial charge in [0.1, 0.15) is 0 Å². The maximum atomic E-state index is 12.1. The van der Waals surface area contributed by atoms with Crippen molar-refractivity contribution in [2.75, 3.05) is 25.0 Å². The molecule has 7 heteroatoms. The lowest BCUT2D eigenvalue weighted by Crippen LogP contribution is -2.36. The minimum Gasteiger partial charge on any atom is -0.383 e. The van der Waals surface area contributed by atoms with Gasteiger partial charge in [0.05, 0.1) is 11.4 Å². The molecular weight excluding hydrogens is 410 g/mol. The zero-order valence-corrected chi connectivity index (χ0v) is 18.7. The van der Waals surface area contributed by atoms with E-state index < -0.39 is 11.1 Å². The number of hydrogen-bond donors (Lipinski definition) is 4. The molecule has 0 saturated carbocycles. The fraction of sp³-hybridized carbons (Fsp3) is 0.292. The van der Waals surface area contributed by atoms with Gasteiger partial charge in [-0.3, -0.25) is 4.79 Å². The topological polar surface area (TPSA) is 90.5 Å². The summed E-state index contributed by atoms with van der Waals surface area (Å²) in [6, 6.07) is 19.3. The number of rotatable bonds is 10. The summed E-state index contributed by atoms with van der Waals surface area (Å²) < 4.78 is 21.0. The number of amides is 1. The first-order valence-corrected chi connectivity index (χ1v) is 11.5. The number of carbonyl (C=O) groups excluding carboxylic acids is 1. The summed E-state index contributed by atoms with van der Waals surface area (Å²) in [5, 5.41) is 11.0. The molecule has 6 nitrogen and oxygen atoms in total. The van der Waals surface area contributed by atoms with Crippen molar-refractivity contribution < 1.29 is 13.6 Å². The maximum Gasteiger partial charge on any atom is 0.234 e. The average Bonchev–Trinajstić information content (AvgIpc) is 2.76. The highest BCUT2D eigenvalue weighted by atomic mass is 32.2. The molecule has 1 unspecified atom stereocenters. The van der Waals surface area contributed by atoms with Gasteiger partial charge in [0.25, 0.3) is 0 Å². The standard InChI is InChI=1S/C24H29N3O3S/c1-17(2)19-11-9-18(10-12-19)15-25-16-24(28)27-14-13-26-22-7-3-6-21-20(22)5-4-8-23(21)31(29)30/h3-12,17,25-26H,13-16H2,1-2H3,(H,27,28)(H,29,30). The van der Waals surface area contributed by atoms with Gasteiger partial charge in [-0.2, -0.15) is 0 Å². The van der Waals surface area contributed by atoms with Crippen LogP contribution in [0.3, 0.4) is 0 Å². The van der Waals surface area contributed by atoms with Crippen molar-refractivity contribution in [2.45, 2.75) is 31.2 Å². The zero-order chi connectivity index (χ0) is 22.2. The number of anilines is 1. The second-order valence-corrected chi connectivity index (χ2v) is 8.62. The van der Waals surface area contributed by atoms with Crippen LogP contribution in [-0.4, -0.2) is 34.3 Å². The third kappa shape index (κ3) is 6.37. The zero-order valence-electron chi connectivity index (χ0n) is 17.9. The summed E-state index contributed by atoms with van der Waals surface area (Å²) in [4.78, 5) is 12.4. The van der Waals surface area contributed by atoms with Gasteiger partial charge in [0.2, 0.25) is 5.91 Å². The van der Waals surface area contributed by atoms with E-state index >= 15 is 0 Å². The summed E-state index contributed by atoms with van der Waals surface area (Å²) in [5.41, 5.74) is 3.32. The van der Waals surface area contributed by atoms with Gasteiger partial charge in [-0.05, 0) is 29.2 Å². The first kappa shape index (κ1) is 22.9. The third-order valence-electron chi connectivity index (χ3n) is 5.09. The highest BCUT2D eigenvalue weighted by Crippen LogP contribution is 2.27. The van der Waals surface area contributed by atoms with E-state index in [0.29, 0.717) is 30.4 Å². The summed E-state index contributed by atoms with van der Waals surface area (Å²) in [5.74, 6) is 0.451. The van der Waals surface area contributed by atoms with Gasteiger partial charge in [0.15, 0.2) is 11.1 Å². The van der Waals surface area contributed by atoms with E-state index in [9.17, 15) is 13.6 Å². The fourth-order valence-corrected chi connectivity index (χ4v) is 3.95. The second kappa shape index (κ2) is 11.0. The van der Waals surface area contributed by atoms with Crippen molar-refractivity contribution in [2.24, 2.45) is 0 Å². The van der Waals surface area contributed by atoms with Crippen LogP contribution in [0.25, 0.3) is 10.8 Å². The molecule has 0 aliphatic rings. The van der Waals surface area contributed by atoms with Crippen LogP contribution >= 0.6 is 0 Å². The molecule has 0 aliphatic carbocycles. The molecule has 31 heavy (non-hydrogen) atoms. The fourth-order valence-electron chi connectivity index (χ4n) is 3.39. The van der Waals surface area contributed by atoms with Gasteiger partial charge in [-0.1, -0.05) is 62.4 Å². The highest BCUT2D eigenvalue weighted by molar-refractivity contribution is 7.79. The Morgan fingerprint density at radius 1 is 0.968 bits per heavy atom. The molecule has 0 aliphatic heterocycles. The van der Waals surface area contributed by atoms with Crippen molar-refractivity contribution in [3.8, 4) is 0 Å². The molecule has 3 aromatic carbocycles. The Kier molecular flexibility index (Phi) is 8.17. The minimum absolute atomic E-state index is 0.0588. The molecule has 164 valence electrons. The van der Waals surface area contributed by atoms with E-state index in [0.717, 1.165) is 22.0 Å². The Hall–Kier alpha value is -2.74. The summed E-state index contributed by atoms with van der Waals surface area (Å²) in [7, 11) is 0. The van der Waals surface area contributed by atoms with E-state index in [-0.39, 0.29) is 12.5 Å². The highest BCUT2D eigenvalue weighted by Gasteiger charge is 2.08. The van der Waals surface area contributed by atoms with Crippen molar-refractivity contribution in [1.82, 2.24) is 10.6 Å². The molecule has 3 rings (SSSR count). The molecule has 1 amide bonds. The van der Waals surface area contributed by atoms with E-state index in [1.165, 1.54) is 5.56 Å². The number of fused-ring (bicyclic) bond motifs is 1. The Morgan fingerprint density at radius 2 is 1.68 bits per heavy atom. The van der Waals surface area contributed by atoms with Crippen LogP contribution in [0, 0.1) is 0 Å². The molecular formula is C24H29N3O3S. The largest absolute Gasteiger partial charge is 0.383 e. The Morgan fingerprint density at radius 3 is 2.39 bits per heavy atom.